The molecule has 1 aromatic heterocycles. The van der Waals surface area contributed by atoms with E-state index in [0.717, 1.165) is 53.6 Å². The quantitative estimate of drug-likeness (QED) is 0.758. The van der Waals surface area contributed by atoms with E-state index in [1.165, 1.54) is 0 Å². The Bertz CT molecular complexity index is 510. The van der Waals surface area contributed by atoms with E-state index < -0.39 is 0 Å². The van der Waals surface area contributed by atoms with Gasteiger partial charge in [0.25, 0.3) is 0 Å². The molecule has 20 heavy (non-hydrogen) atoms. The molecule has 2 aromatic rings. The lowest BCUT2D eigenvalue weighted by atomic mass is 10.2. The van der Waals surface area contributed by atoms with Crippen molar-refractivity contribution in [1.82, 2.24) is 10.2 Å². The highest BCUT2D eigenvalue weighted by atomic mass is 32.1. The second-order valence-corrected chi connectivity index (χ2v) is 5.68. The Morgan fingerprint density at radius 1 is 1.15 bits per heavy atom. The van der Waals surface area contributed by atoms with E-state index in [2.05, 4.69) is 17.1 Å². The van der Waals surface area contributed by atoms with Crippen molar-refractivity contribution in [2.24, 2.45) is 5.73 Å². The van der Waals surface area contributed by atoms with Gasteiger partial charge in [-0.1, -0.05) is 24.7 Å². The smallest absolute Gasteiger partial charge is 0.147 e. The van der Waals surface area contributed by atoms with Gasteiger partial charge in [0.15, 0.2) is 0 Å². The summed E-state index contributed by atoms with van der Waals surface area (Å²) in [6.07, 6.45) is 4.10. The zero-order valence-corrected chi connectivity index (χ0v) is 12.7. The summed E-state index contributed by atoms with van der Waals surface area (Å²) in [6.45, 7) is 3.63. The summed E-state index contributed by atoms with van der Waals surface area (Å²) < 4.78 is 5.65. The van der Waals surface area contributed by atoms with Gasteiger partial charge in [0.2, 0.25) is 0 Å². The van der Waals surface area contributed by atoms with Gasteiger partial charge in [-0.3, -0.25) is 0 Å². The summed E-state index contributed by atoms with van der Waals surface area (Å²) >= 11 is 1.63. The highest BCUT2D eigenvalue weighted by Gasteiger charge is 2.06. The van der Waals surface area contributed by atoms with E-state index in [9.17, 15) is 0 Å². The van der Waals surface area contributed by atoms with Crippen LogP contribution < -0.4 is 10.5 Å². The minimum absolute atomic E-state index is 0.693. The zero-order chi connectivity index (χ0) is 14.2. The van der Waals surface area contributed by atoms with Crippen molar-refractivity contribution < 1.29 is 4.74 Å². The fourth-order valence-electron chi connectivity index (χ4n) is 1.75. The van der Waals surface area contributed by atoms with Crippen molar-refractivity contribution in [1.29, 1.82) is 0 Å². The molecule has 2 rings (SSSR count). The fraction of sp³-hybridized carbons (Fsp3) is 0.467. The second kappa shape index (κ2) is 7.97. The van der Waals surface area contributed by atoms with Crippen molar-refractivity contribution in [2.45, 2.75) is 32.6 Å². The molecule has 0 aliphatic carbocycles. The predicted octanol–water partition coefficient (Wildman–Crippen LogP) is 3.28. The molecule has 0 bridgehead atoms. The van der Waals surface area contributed by atoms with Gasteiger partial charge >= 0.3 is 0 Å². The molecule has 1 heterocycles. The van der Waals surface area contributed by atoms with Gasteiger partial charge in [0, 0.05) is 12.0 Å². The monoisotopic (exact) mass is 291 g/mol. The van der Waals surface area contributed by atoms with Crippen LogP contribution in [0, 0.1) is 0 Å². The number of ether oxygens (including phenoxy) is 1. The average molecular weight is 291 g/mol. The molecule has 0 fully saturated rings. The largest absolute Gasteiger partial charge is 0.494 e. The number of hydrogen-bond donors (Lipinski definition) is 1. The molecule has 0 atom stereocenters. The maximum absolute atomic E-state index is 5.65. The molecule has 0 saturated heterocycles. The first-order valence-electron chi connectivity index (χ1n) is 7.09. The molecular weight excluding hydrogens is 270 g/mol. The van der Waals surface area contributed by atoms with Gasteiger partial charge in [-0.05, 0) is 43.7 Å². The predicted molar refractivity (Wildman–Crippen MR) is 83.1 cm³/mol. The van der Waals surface area contributed by atoms with E-state index >= 15 is 0 Å². The Kier molecular flexibility index (Phi) is 5.95. The van der Waals surface area contributed by atoms with Crippen molar-refractivity contribution >= 4 is 11.3 Å². The molecule has 1 aromatic carbocycles. The van der Waals surface area contributed by atoms with Crippen LogP contribution in [0.25, 0.3) is 10.6 Å². The Hall–Kier alpha value is -1.46. The number of nitrogens with two attached hydrogens (primary N) is 1. The maximum atomic E-state index is 5.65. The van der Waals surface area contributed by atoms with Gasteiger partial charge in [0.05, 0.1) is 6.61 Å². The standard InChI is InChI=1S/C15H21N3OS/c1-2-3-11-19-13-8-6-12(7-9-13)15-18-17-14(20-15)5-4-10-16/h6-9H,2-5,10-11,16H2,1H3. The third-order valence-electron chi connectivity index (χ3n) is 2.93. The number of aromatic nitrogens is 2. The maximum Gasteiger partial charge on any atom is 0.147 e. The number of rotatable bonds is 8. The van der Waals surface area contributed by atoms with Gasteiger partial charge in [-0.2, -0.15) is 0 Å². The van der Waals surface area contributed by atoms with Crippen LogP contribution in [0.3, 0.4) is 0 Å². The normalized spacial score (nSPS) is 10.7. The molecule has 0 aliphatic heterocycles. The summed E-state index contributed by atoms with van der Waals surface area (Å²) in [5.74, 6) is 0.912. The van der Waals surface area contributed by atoms with Gasteiger partial charge in [-0.25, -0.2) is 0 Å². The van der Waals surface area contributed by atoms with Gasteiger partial charge in [0.1, 0.15) is 15.8 Å². The topological polar surface area (TPSA) is 61.0 Å². The Balaban J connectivity index is 1.96. The van der Waals surface area contributed by atoms with Crippen molar-refractivity contribution in [3.63, 3.8) is 0 Å². The fourth-order valence-corrected chi connectivity index (χ4v) is 2.64. The summed E-state index contributed by atoms with van der Waals surface area (Å²) in [5, 5.41) is 10.4. The van der Waals surface area contributed by atoms with Crippen LogP contribution in [0.4, 0.5) is 0 Å². The number of nitrogens with zero attached hydrogens (tertiary/aromatic N) is 2. The third kappa shape index (κ3) is 4.28. The lowest BCUT2D eigenvalue weighted by Gasteiger charge is -2.05. The van der Waals surface area contributed by atoms with Crippen LogP contribution in [0.2, 0.25) is 0 Å². The van der Waals surface area contributed by atoms with E-state index in [4.69, 9.17) is 10.5 Å². The molecule has 2 N–H and O–H groups in total. The van der Waals surface area contributed by atoms with Crippen molar-refractivity contribution in [3.05, 3.63) is 29.3 Å². The molecule has 4 nitrogen and oxygen atoms in total. The van der Waals surface area contributed by atoms with Crippen LogP contribution >= 0.6 is 11.3 Å². The summed E-state index contributed by atoms with van der Waals surface area (Å²) in [5.41, 5.74) is 6.59. The minimum atomic E-state index is 0.693. The molecule has 0 spiro atoms. The molecular formula is C15H21N3OS. The molecule has 0 amide bonds. The number of unbranched alkanes of at least 4 members (excludes halogenated alkanes) is 1. The van der Waals surface area contributed by atoms with Crippen LogP contribution in [-0.4, -0.2) is 23.3 Å². The molecule has 0 saturated carbocycles. The number of aryl methyl sites for hydroxylation is 1. The lowest BCUT2D eigenvalue weighted by molar-refractivity contribution is 0.309. The van der Waals surface area contributed by atoms with Crippen molar-refractivity contribution in [2.75, 3.05) is 13.2 Å². The average Bonchev–Trinajstić information content (AvgIpc) is 2.95. The van der Waals surface area contributed by atoms with E-state index in [1.54, 1.807) is 11.3 Å². The van der Waals surface area contributed by atoms with E-state index in [0.29, 0.717) is 6.54 Å². The number of hydrogen-bond acceptors (Lipinski definition) is 5. The van der Waals surface area contributed by atoms with Gasteiger partial charge in [-0.15, -0.1) is 10.2 Å². The Morgan fingerprint density at radius 2 is 1.95 bits per heavy atom. The zero-order valence-electron chi connectivity index (χ0n) is 11.8. The highest BCUT2D eigenvalue weighted by Crippen LogP contribution is 2.26. The molecule has 0 radical (unpaired) electrons. The van der Waals surface area contributed by atoms with E-state index in [1.807, 2.05) is 24.3 Å². The molecule has 0 unspecified atom stereocenters. The Morgan fingerprint density at radius 3 is 2.65 bits per heavy atom. The van der Waals surface area contributed by atoms with Crippen molar-refractivity contribution in [3.8, 4) is 16.3 Å². The summed E-state index contributed by atoms with van der Waals surface area (Å²) in [7, 11) is 0. The Labute approximate surface area is 124 Å². The van der Waals surface area contributed by atoms with E-state index in [-0.39, 0.29) is 0 Å². The molecule has 5 heteroatoms. The summed E-state index contributed by atoms with van der Waals surface area (Å²) in [6, 6.07) is 8.06. The second-order valence-electron chi connectivity index (χ2n) is 4.62. The van der Waals surface area contributed by atoms with Crippen LogP contribution in [-0.2, 0) is 6.42 Å². The lowest BCUT2D eigenvalue weighted by Crippen LogP contribution is -1.99. The minimum Gasteiger partial charge on any atom is -0.494 e. The van der Waals surface area contributed by atoms with Crippen LogP contribution in [0.5, 0.6) is 5.75 Å². The first-order chi connectivity index (χ1) is 9.83. The number of benzene rings is 1. The molecule has 0 aliphatic rings. The SMILES string of the molecule is CCCCOc1ccc(-c2nnc(CCCN)s2)cc1. The van der Waals surface area contributed by atoms with Crippen LogP contribution in [0.1, 0.15) is 31.2 Å². The van der Waals surface area contributed by atoms with Gasteiger partial charge < -0.3 is 10.5 Å². The molecule has 108 valence electrons. The van der Waals surface area contributed by atoms with Crippen LogP contribution in [0.15, 0.2) is 24.3 Å². The first kappa shape index (κ1) is 14.9. The third-order valence-corrected chi connectivity index (χ3v) is 3.96. The summed E-state index contributed by atoms with van der Waals surface area (Å²) in [4.78, 5) is 0. The highest BCUT2D eigenvalue weighted by molar-refractivity contribution is 7.14. The first-order valence-corrected chi connectivity index (χ1v) is 7.91.